The molecule has 1 fully saturated rings. The number of carbonyl (C=O) groups excluding carboxylic acids is 2. The minimum atomic E-state index is -1.16. The summed E-state index contributed by atoms with van der Waals surface area (Å²) in [6, 6.07) is 2.75. The predicted octanol–water partition coefficient (Wildman–Crippen LogP) is 1.94. The molecular formula is C18H25N3O4. The highest BCUT2D eigenvalue weighted by Gasteiger charge is 2.27. The summed E-state index contributed by atoms with van der Waals surface area (Å²) < 4.78 is 0. The summed E-state index contributed by atoms with van der Waals surface area (Å²) in [5, 5.41) is 11.9. The highest BCUT2D eigenvalue weighted by molar-refractivity contribution is 5.96. The van der Waals surface area contributed by atoms with Crippen molar-refractivity contribution in [1.29, 1.82) is 0 Å². The van der Waals surface area contributed by atoms with Crippen molar-refractivity contribution >= 4 is 17.8 Å². The number of piperidine rings is 1. The first-order chi connectivity index (χ1) is 12.0. The van der Waals surface area contributed by atoms with Gasteiger partial charge in [0.25, 0.3) is 5.91 Å². The van der Waals surface area contributed by atoms with E-state index in [1.807, 2.05) is 18.7 Å². The lowest BCUT2D eigenvalue weighted by Crippen LogP contribution is -2.48. The molecule has 1 aliphatic heterocycles. The third-order valence-corrected chi connectivity index (χ3v) is 4.72. The summed E-state index contributed by atoms with van der Waals surface area (Å²) in [6.07, 6.45) is 4.41. The number of pyridine rings is 1. The molecule has 0 aliphatic carbocycles. The van der Waals surface area contributed by atoms with Crippen molar-refractivity contribution in [1.82, 2.24) is 15.2 Å². The molecule has 0 radical (unpaired) electrons. The van der Waals surface area contributed by atoms with Gasteiger partial charge in [0.2, 0.25) is 5.91 Å². The third kappa shape index (κ3) is 4.78. The summed E-state index contributed by atoms with van der Waals surface area (Å²) in [6.45, 7) is 5.33. The molecule has 1 aromatic rings. The van der Waals surface area contributed by atoms with Gasteiger partial charge in [0.1, 0.15) is 5.69 Å². The third-order valence-electron chi connectivity index (χ3n) is 4.72. The second kappa shape index (κ2) is 8.60. The first kappa shape index (κ1) is 18.9. The van der Waals surface area contributed by atoms with E-state index in [-0.39, 0.29) is 35.0 Å². The molecule has 0 aromatic carbocycles. The topological polar surface area (TPSA) is 99.6 Å². The average molecular weight is 347 g/mol. The summed E-state index contributed by atoms with van der Waals surface area (Å²) >= 11 is 0. The molecule has 0 saturated carbocycles. The molecule has 7 nitrogen and oxygen atoms in total. The van der Waals surface area contributed by atoms with Crippen LogP contribution in [0.1, 0.15) is 60.4 Å². The Balaban J connectivity index is 1.89. The van der Waals surface area contributed by atoms with Gasteiger partial charge in [-0.25, -0.2) is 9.78 Å². The number of hydrogen-bond acceptors (Lipinski definition) is 4. The van der Waals surface area contributed by atoms with Crippen LogP contribution in [0.25, 0.3) is 0 Å². The molecule has 0 atom stereocenters. The second-order valence-corrected chi connectivity index (χ2v) is 6.32. The molecule has 7 heteroatoms. The first-order valence-corrected chi connectivity index (χ1v) is 8.75. The van der Waals surface area contributed by atoms with E-state index in [1.165, 1.54) is 18.3 Å². The predicted molar refractivity (Wildman–Crippen MR) is 92.3 cm³/mol. The van der Waals surface area contributed by atoms with Crippen molar-refractivity contribution in [3.05, 3.63) is 29.6 Å². The van der Waals surface area contributed by atoms with Crippen molar-refractivity contribution in [2.75, 3.05) is 13.1 Å². The van der Waals surface area contributed by atoms with Gasteiger partial charge in [0.15, 0.2) is 0 Å². The van der Waals surface area contributed by atoms with Gasteiger partial charge in [-0.1, -0.05) is 13.8 Å². The second-order valence-electron chi connectivity index (χ2n) is 6.32. The van der Waals surface area contributed by atoms with E-state index < -0.39 is 5.97 Å². The van der Waals surface area contributed by atoms with E-state index in [0.717, 1.165) is 12.8 Å². The highest BCUT2D eigenvalue weighted by atomic mass is 16.4. The molecule has 0 bridgehead atoms. The smallest absolute Gasteiger partial charge is 0.354 e. The fourth-order valence-electron chi connectivity index (χ4n) is 3.10. The van der Waals surface area contributed by atoms with Crippen LogP contribution in [0.4, 0.5) is 0 Å². The van der Waals surface area contributed by atoms with Crippen LogP contribution in [-0.2, 0) is 4.79 Å². The number of carbonyl (C=O) groups is 3. The van der Waals surface area contributed by atoms with E-state index >= 15 is 0 Å². The van der Waals surface area contributed by atoms with Crippen LogP contribution in [0, 0.1) is 5.92 Å². The molecule has 25 heavy (non-hydrogen) atoms. The Hall–Kier alpha value is -2.44. The lowest BCUT2D eigenvalue weighted by atomic mass is 9.98. The molecule has 1 saturated heterocycles. The molecule has 2 rings (SSSR count). The summed E-state index contributed by atoms with van der Waals surface area (Å²) in [7, 11) is 0. The molecule has 2 amide bonds. The SMILES string of the molecule is CCC(CC)C(=O)N1CCC(NC(=O)c2ccnc(C(=O)O)c2)CC1. The molecule has 0 spiro atoms. The summed E-state index contributed by atoms with van der Waals surface area (Å²) in [5.74, 6) is -1.19. The van der Waals surface area contributed by atoms with Crippen LogP contribution < -0.4 is 5.32 Å². The van der Waals surface area contributed by atoms with Crippen LogP contribution in [-0.4, -0.2) is 51.9 Å². The zero-order valence-corrected chi connectivity index (χ0v) is 14.7. The Morgan fingerprint density at radius 3 is 2.48 bits per heavy atom. The lowest BCUT2D eigenvalue weighted by molar-refractivity contribution is -0.136. The van der Waals surface area contributed by atoms with Gasteiger partial charge in [-0.3, -0.25) is 9.59 Å². The fourth-order valence-corrected chi connectivity index (χ4v) is 3.10. The van der Waals surface area contributed by atoms with Gasteiger partial charge in [-0.05, 0) is 37.8 Å². The first-order valence-electron chi connectivity index (χ1n) is 8.75. The molecular weight excluding hydrogens is 322 g/mol. The van der Waals surface area contributed by atoms with Crippen LogP contribution >= 0.6 is 0 Å². The van der Waals surface area contributed by atoms with E-state index in [1.54, 1.807) is 0 Å². The zero-order valence-electron chi connectivity index (χ0n) is 14.7. The zero-order chi connectivity index (χ0) is 18.4. The largest absolute Gasteiger partial charge is 0.477 e. The number of likely N-dealkylation sites (tertiary alicyclic amines) is 1. The van der Waals surface area contributed by atoms with E-state index in [4.69, 9.17) is 5.11 Å². The number of carboxylic acids is 1. The Morgan fingerprint density at radius 1 is 1.28 bits per heavy atom. The van der Waals surface area contributed by atoms with Crippen molar-refractivity contribution in [3.8, 4) is 0 Å². The van der Waals surface area contributed by atoms with Crippen molar-refractivity contribution < 1.29 is 19.5 Å². The number of aromatic carboxylic acids is 1. The van der Waals surface area contributed by atoms with E-state index in [2.05, 4.69) is 10.3 Å². The van der Waals surface area contributed by atoms with Gasteiger partial charge in [0.05, 0.1) is 0 Å². The van der Waals surface area contributed by atoms with Crippen molar-refractivity contribution in [2.24, 2.45) is 5.92 Å². The number of aromatic nitrogens is 1. The van der Waals surface area contributed by atoms with Gasteiger partial charge in [-0.2, -0.15) is 0 Å². The Kier molecular flexibility index (Phi) is 6.50. The number of hydrogen-bond donors (Lipinski definition) is 2. The minimum Gasteiger partial charge on any atom is -0.477 e. The van der Waals surface area contributed by atoms with E-state index in [9.17, 15) is 14.4 Å². The Bertz CT molecular complexity index is 635. The van der Waals surface area contributed by atoms with Gasteiger partial charge in [0, 0.05) is 36.8 Å². The van der Waals surface area contributed by atoms with Crippen LogP contribution in [0.2, 0.25) is 0 Å². The molecule has 0 unspecified atom stereocenters. The van der Waals surface area contributed by atoms with Crippen LogP contribution in [0.5, 0.6) is 0 Å². The molecule has 2 N–H and O–H groups in total. The normalized spacial score (nSPS) is 15.2. The fraction of sp³-hybridized carbons (Fsp3) is 0.556. The molecule has 2 heterocycles. The van der Waals surface area contributed by atoms with Crippen molar-refractivity contribution in [3.63, 3.8) is 0 Å². The number of nitrogens with one attached hydrogen (secondary N) is 1. The molecule has 136 valence electrons. The summed E-state index contributed by atoms with van der Waals surface area (Å²) in [4.78, 5) is 41.2. The number of amides is 2. The van der Waals surface area contributed by atoms with E-state index in [0.29, 0.717) is 25.9 Å². The average Bonchev–Trinajstić information content (AvgIpc) is 2.63. The maximum atomic E-state index is 12.4. The number of nitrogens with zero attached hydrogens (tertiary/aromatic N) is 2. The van der Waals surface area contributed by atoms with Crippen LogP contribution in [0.15, 0.2) is 18.3 Å². The maximum absolute atomic E-state index is 12.4. The molecule has 1 aliphatic rings. The maximum Gasteiger partial charge on any atom is 0.354 e. The van der Waals surface area contributed by atoms with Crippen LogP contribution in [0.3, 0.4) is 0 Å². The monoisotopic (exact) mass is 347 g/mol. The van der Waals surface area contributed by atoms with Gasteiger partial charge >= 0.3 is 5.97 Å². The molecule has 1 aromatic heterocycles. The quantitative estimate of drug-likeness (QED) is 0.819. The minimum absolute atomic E-state index is 0.0142. The number of carboxylic acid groups (broad SMARTS) is 1. The summed E-state index contributed by atoms with van der Waals surface area (Å²) in [5.41, 5.74) is 0.126. The van der Waals surface area contributed by atoms with Gasteiger partial charge in [-0.15, -0.1) is 0 Å². The standard InChI is InChI=1S/C18H25N3O4/c1-3-12(4-2)17(23)21-9-6-14(7-10-21)20-16(22)13-5-8-19-15(11-13)18(24)25/h5,8,11-12,14H,3-4,6-7,9-10H2,1-2H3,(H,20,22)(H,24,25). The number of rotatable bonds is 6. The van der Waals surface area contributed by atoms with Crippen molar-refractivity contribution in [2.45, 2.75) is 45.6 Å². The lowest BCUT2D eigenvalue weighted by Gasteiger charge is -2.34. The Labute approximate surface area is 147 Å². The Morgan fingerprint density at radius 2 is 1.92 bits per heavy atom. The van der Waals surface area contributed by atoms with Gasteiger partial charge < -0.3 is 15.3 Å². The highest BCUT2D eigenvalue weighted by Crippen LogP contribution is 2.17.